The fraction of sp³-hybridized carbons (Fsp3) is 0.222. The Labute approximate surface area is 82.9 Å². The fourth-order valence-electron chi connectivity index (χ4n) is 0.929. The summed E-state index contributed by atoms with van der Waals surface area (Å²) in [6.07, 6.45) is 0. The van der Waals surface area contributed by atoms with Crippen LogP contribution in [0.2, 0.25) is 0 Å². The minimum Gasteiger partial charge on any atom is -0.399 e. The van der Waals surface area contributed by atoms with Crippen LogP contribution in [-0.4, -0.2) is 25.1 Å². The molecule has 0 fully saturated rings. The number of rotatable bonds is 2. The van der Waals surface area contributed by atoms with Crippen molar-refractivity contribution in [2.75, 3.05) is 25.1 Å². The van der Waals surface area contributed by atoms with Crippen LogP contribution in [0.3, 0.4) is 0 Å². The topological polar surface area (TPSA) is 70.4 Å². The van der Waals surface area contributed by atoms with Crippen LogP contribution in [0.5, 0.6) is 0 Å². The third-order valence-electron chi connectivity index (χ3n) is 1.49. The van der Waals surface area contributed by atoms with Crippen molar-refractivity contribution in [3.8, 4) is 0 Å². The highest BCUT2D eigenvalue weighted by Crippen LogP contribution is 2.09. The SMILES string of the molecule is CN(C)NC(=O)Nc1ccc(N)cc1. The molecule has 0 heterocycles. The van der Waals surface area contributed by atoms with E-state index in [0.717, 1.165) is 0 Å². The first kappa shape index (κ1) is 10.3. The fourth-order valence-corrected chi connectivity index (χ4v) is 0.929. The molecule has 0 unspecified atom stereocenters. The molecule has 0 aliphatic carbocycles. The molecule has 2 amide bonds. The maximum atomic E-state index is 11.2. The first-order valence-corrected chi connectivity index (χ1v) is 4.18. The molecule has 5 nitrogen and oxygen atoms in total. The number of urea groups is 1. The van der Waals surface area contributed by atoms with Crippen LogP contribution in [0, 0.1) is 0 Å². The van der Waals surface area contributed by atoms with Gasteiger partial charge in [0.25, 0.3) is 0 Å². The standard InChI is InChI=1S/C9H14N4O/c1-13(2)12-9(14)11-8-5-3-7(10)4-6-8/h3-6H,10H2,1-2H3,(H2,11,12,14). The van der Waals surface area contributed by atoms with Crippen molar-refractivity contribution >= 4 is 17.4 Å². The van der Waals surface area contributed by atoms with Gasteiger partial charge in [-0.25, -0.2) is 9.80 Å². The Morgan fingerprint density at radius 3 is 2.36 bits per heavy atom. The normalized spacial score (nSPS) is 9.93. The van der Waals surface area contributed by atoms with E-state index in [9.17, 15) is 4.79 Å². The number of hydrogen-bond donors (Lipinski definition) is 3. The number of nitrogens with zero attached hydrogens (tertiary/aromatic N) is 1. The molecule has 5 heteroatoms. The molecule has 4 N–H and O–H groups in total. The van der Waals surface area contributed by atoms with Crippen molar-refractivity contribution in [3.63, 3.8) is 0 Å². The van der Waals surface area contributed by atoms with Crippen molar-refractivity contribution in [1.29, 1.82) is 0 Å². The smallest absolute Gasteiger partial charge is 0.333 e. The Hall–Kier alpha value is -1.75. The second-order valence-electron chi connectivity index (χ2n) is 3.08. The molecule has 1 aromatic rings. The Morgan fingerprint density at radius 1 is 1.29 bits per heavy atom. The minimum atomic E-state index is -0.278. The summed E-state index contributed by atoms with van der Waals surface area (Å²) in [5.74, 6) is 0. The summed E-state index contributed by atoms with van der Waals surface area (Å²) in [5, 5.41) is 4.22. The summed E-state index contributed by atoms with van der Waals surface area (Å²) >= 11 is 0. The number of nitrogens with two attached hydrogens (primary N) is 1. The van der Waals surface area contributed by atoms with Crippen molar-refractivity contribution < 1.29 is 4.79 Å². The van der Waals surface area contributed by atoms with Crippen molar-refractivity contribution in [2.45, 2.75) is 0 Å². The van der Waals surface area contributed by atoms with E-state index >= 15 is 0 Å². The zero-order chi connectivity index (χ0) is 10.6. The lowest BCUT2D eigenvalue weighted by atomic mass is 10.3. The van der Waals surface area contributed by atoms with Gasteiger partial charge in [0.1, 0.15) is 0 Å². The first-order valence-electron chi connectivity index (χ1n) is 4.18. The highest BCUT2D eigenvalue weighted by atomic mass is 16.2. The molecule has 0 saturated heterocycles. The quantitative estimate of drug-likeness (QED) is 0.483. The van der Waals surface area contributed by atoms with Crippen molar-refractivity contribution in [3.05, 3.63) is 24.3 Å². The predicted molar refractivity (Wildman–Crippen MR) is 56.7 cm³/mol. The Bertz CT molecular complexity index is 307. The lowest BCUT2D eigenvalue weighted by Crippen LogP contribution is -2.39. The number of anilines is 2. The molecular formula is C9H14N4O. The molecule has 1 aromatic carbocycles. The van der Waals surface area contributed by atoms with E-state index in [2.05, 4.69) is 10.7 Å². The lowest BCUT2D eigenvalue weighted by Gasteiger charge is -2.12. The minimum absolute atomic E-state index is 0.278. The first-order chi connectivity index (χ1) is 6.58. The van der Waals surface area contributed by atoms with E-state index < -0.39 is 0 Å². The number of carbonyl (C=O) groups is 1. The summed E-state index contributed by atoms with van der Waals surface area (Å²) in [7, 11) is 3.48. The van der Waals surface area contributed by atoms with Crippen LogP contribution in [0.15, 0.2) is 24.3 Å². The number of benzene rings is 1. The maximum Gasteiger partial charge on any atom is 0.333 e. The molecule has 0 aromatic heterocycles. The highest BCUT2D eigenvalue weighted by Gasteiger charge is 2.00. The summed E-state index contributed by atoms with van der Waals surface area (Å²) in [5.41, 5.74) is 9.44. The van der Waals surface area contributed by atoms with Crippen LogP contribution in [0.25, 0.3) is 0 Å². The second-order valence-corrected chi connectivity index (χ2v) is 3.08. The van der Waals surface area contributed by atoms with E-state index in [1.165, 1.54) is 0 Å². The van der Waals surface area contributed by atoms with E-state index in [1.807, 2.05) is 0 Å². The molecule has 0 aliphatic rings. The monoisotopic (exact) mass is 194 g/mol. The van der Waals surface area contributed by atoms with Gasteiger partial charge in [0.2, 0.25) is 0 Å². The number of hydrazine groups is 1. The van der Waals surface area contributed by atoms with Gasteiger partial charge in [-0.15, -0.1) is 0 Å². The second kappa shape index (κ2) is 4.48. The van der Waals surface area contributed by atoms with Gasteiger partial charge in [0.05, 0.1) is 0 Å². The van der Waals surface area contributed by atoms with Gasteiger partial charge in [0, 0.05) is 25.5 Å². The predicted octanol–water partition coefficient (Wildman–Crippen LogP) is 0.867. The number of nitrogens with one attached hydrogen (secondary N) is 2. The van der Waals surface area contributed by atoms with E-state index in [0.29, 0.717) is 11.4 Å². The molecule has 14 heavy (non-hydrogen) atoms. The van der Waals surface area contributed by atoms with Crippen LogP contribution in [-0.2, 0) is 0 Å². The van der Waals surface area contributed by atoms with Gasteiger partial charge >= 0.3 is 6.03 Å². The maximum absolute atomic E-state index is 11.2. The van der Waals surface area contributed by atoms with Crippen LogP contribution >= 0.6 is 0 Å². The van der Waals surface area contributed by atoms with Crippen molar-refractivity contribution in [2.24, 2.45) is 0 Å². The molecule has 0 bridgehead atoms. The summed E-state index contributed by atoms with van der Waals surface area (Å²) < 4.78 is 0. The number of hydrogen-bond acceptors (Lipinski definition) is 3. The Kier molecular flexibility index (Phi) is 3.30. The number of carbonyl (C=O) groups excluding carboxylic acids is 1. The number of nitrogen functional groups attached to an aromatic ring is 1. The Morgan fingerprint density at radius 2 is 1.86 bits per heavy atom. The van der Waals surface area contributed by atoms with Gasteiger partial charge in [-0.2, -0.15) is 0 Å². The van der Waals surface area contributed by atoms with Gasteiger partial charge in [0.15, 0.2) is 0 Å². The van der Waals surface area contributed by atoms with Gasteiger partial charge < -0.3 is 11.1 Å². The third-order valence-corrected chi connectivity index (χ3v) is 1.49. The lowest BCUT2D eigenvalue weighted by molar-refractivity contribution is 0.224. The summed E-state index contributed by atoms with van der Waals surface area (Å²) in [6, 6.07) is 6.66. The van der Waals surface area contributed by atoms with Crippen LogP contribution in [0.4, 0.5) is 16.2 Å². The molecule has 76 valence electrons. The van der Waals surface area contributed by atoms with Crippen LogP contribution < -0.4 is 16.5 Å². The van der Waals surface area contributed by atoms with E-state index in [1.54, 1.807) is 43.4 Å². The van der Waals surface area contributed by atoms with Gasteiger partial charge in [-0.05, 0) is 24.3 Å². The molecule has 0 radical (unpaired) electrons. The van der Waals surface area contributed by atoms with Gasteiger partial charge in [-0.1, -0.05) is 0 Å². The van der Waals surface area contributed by atoms with E-state index in [4.69, 9.17) is 5.73 Å². The zero-order valence-electron chi connectivity index (χ0n) is 8.24. The van der Waals surface area contributed by atoms with E-state index in [-0.39, 0.29) is 6.03 Å². The Balaban J connectivity index is 2.52. The molecule has 0 spiro atoms. The highest BCUT2D eigenvalue weighted by molar-refractivity contribution is 5.88. The zero-order valence-corrected chi connectivity index (χ0v) is 8.24. The van der Waals surface area contributed by atoms with Gasteiger partial charge in [-0.3, -0.25) is 5.43 Å². The largest absolute Gasteiger partial charge is 0.399 e. The number of amides is 2. The third kappa shape index (κ3) is 3.32. The average Bonchev–Trinajstić information content (AvgIpc) is 2.07. The van der Waals surface area contributed by atoms with Crippen molar-refractivity contribution in [1.82, 2.24) is 10.4 Å². The molecule has 1 rings (SSSR count). The summed E-state index contributed by atoms with van der Waals surface area (Å²) in [4.78, 5) is 11.2. The van der Waals surface area contributed by atoms with Crippen LogP contribution in [0.1, 0.15) is 0 Å². The average molecular weight is 194 g/mol. The summed E-state index contributed by atoms with van der Waals surface area (Å²) in [6.45, 7) is 0. The molecule has 0 atom stereocenters. The molecular weight excluding hydrogens is 180 g/mol. The molecule has 0 saturated carbocycles. The molecule has 0 aliphatic heterocycles.